The number of benzene rings is 1. The van der Waals surface area contributed by atoms with Gasteiger partial charge < -0.3 is 16.3 Å². The van der Waals surface area contributed by atoms with Crippen LogP contribution in [0.2, 0.25) is 5.02 Å². The summed E-state index contributed by atoms with van der Waals surface area (Å²) < 4.78 is 0. The summed E-state index contributed by atoms with van der Waals surface area (Å²) in [5.41, 5.74) is 6.36. The van der Waals surface area contributed by atoms with Crippen molar-refractivity contribution in [1.29, 1.82) is 0 Å². The molecule has 4 N–H and O–H groups in total. The Kier molecular flexibility index (Phi) is 5.50. The summed E-state index contributed by atoms with van der Waals surface area (Å²) in [5.74, 6) is 0.280. The number of hydrogen-bond donors (Lipinski definition) is 3. The van der Waals surface area contributed by atoms with Crippen LogP contribution in [-0.2, 0) is 0 Å². The molecule has 4 nitrogen and oxygen atoms in total. The minimum absolute atomic E-state index is 0.280. The van der Waals surface area contributed by atoms with E-state index < -0.39 is 0 Å². The predicted octanol–water partition coefficient (Wildman–Crippen LogP) is 2.67. The highest BCUT2D eigenvalue weighted by Gasteiger charge is 1.95. The molecular weight excluding hydrogens is 226 g/mol. The number of oxime groups is 1. The standard InChI is InChI=1S/C11H16ClN3O/c12-9-4-3-5-10(8-9)14-7-2-1-6-11(13)15-16/h3-5,8,14,16H,1-2,6-7H2,(H2,13,15). The highest BCUT2D eigenvalue weighted by Crippen LogP contribution is 2.14. The minimum Gasteiger partial charge on any atom is -0.409 e. The number of nitrogens with one attached hydrogen (secondary N) is 1. The number of hydrogen-bond acceptors (Lipinski definition) is 3. The Bertz CT molecular complexity index is 355. The van der Waals surface area contributed by atoms with Crippen molar-refractivity contribution in [3.63, 3.8) is 0 Å². The van der Waals surface area contributed by atoms with Gasteiger partial charge in [0.25, 0.3) is 0 Å². The molecule has 1 aromatic rings. The van der Waals surface area contributed by atoms with Crippen LogP contribution in [0.4, 0.5) is 5.69 Å². The van der Waals surface area contributed by atoms with E-state index in [2.05, 4.69) is 10.5 Å². The van der Waals surface area contributed by atoms with Crippen LogP contribution >= 0.6 is 11.6 Å². The average molecular weight is 242 g/mol. The molecule has 0 aliphatic carbocycles. The largest absolute Gasteiger partial charge is 0.409 e. The van der Waals surface area contributed by atoms with Gasteiger partial charge in [-0.1, -0.05) is 22.8 Å². The molecule has 1 rings (SSSR count). The zero-order valence-electron chi connectivity index (χ0n) is 8.99. The summed E-state index contributed by atoms with van der Waals surface area (Å²) in [5, 5.41) is 15.2. The van der Waals surface area contributed by atoms with Crippen LogP contribution in [0.1, 0.15) is 19.3 Å². The first kappa shape index (κ1) is 12.6. The van der Waals surface area contributed by atoms with E-state index in [4.69, 9.17) is 22.5 Å². The number of nitrogens with zero attached hydrogens (tertiary/aromatic N) is 1. The van der Waals surface area contributed by atoms with Gasteiger partial charge in [-0.25, -0.2) is 0 Å². The van der Waals surface area contributed by atoms with Gasteiger partial charge in [0.05, 0.1) is 0 Å². The molecule has 0 spiro atoms. The summed E-state index contributed by atoms with van der Waals surface area (Å²) in [7, 11) is 0. The quantitative estimate of drug-likeness (QED) is 0.236. The predicted molar refractivity (Wildman–Crippen MR) is 67.2 cm³/mol. The lowest BCUT2D eigenvalue weighted by Crippen LogP contribution is -2.11. The van der Waals surface area contributed by atoms with Crippen molar-refractivity contribution >= 4 is 23.1 Å². The van der Waals surface area contributed by atoms with Crippen LogP contribution in [0.5, 0.6) is 0 Å². The second kappa shape index (κ2) is 6.95. The van der Waals surface area contributed by atoms with Crippen LogP contribution in [0, 0.1) is 0 Å². The van der Waals surface area contributed by atoms with E-state index in [1.54, 1.807) is 0 Å². The Morgan fingerprint density at radius 1 is 1.44 bits per heavy atom. The lowest BCUT2D eigenvalue weighted by Gasteiger charge is -2.06. The van der Waals surface area contributed by atoms with Crippen LogP contribution < -0.4 is 11.1 Å². The second-order valence-corrected chi connectivity index (χ2v) is 3.92. The van der Waals surface area contributed by atoms with Gasteiger partial charge in [-0.05, 0) is 31.0 Å². The first-order valence-electron chi connectivity index (χ1n) is 5.18. The fourth-order valence-corrected chi connectivity index (χ4v) is 1.50. The smallest absolute Gasteiger partial charge is 0.139 e. The molecule has 88 valence electrons. The molecule has 0 aromatic heterocycles. The van der Waals surface area contributed by atoms with Crippen LogP contribution in [0.25, 0.3) is 0 Å². The number of anilines is 1. The summed E-state index contributed by atoms with van der Waals surface area (Å²) >= 11 is 5.85. The van der Waals surface area contributed by atoms with Crippen molar-refractivity contribution in [2.75, 3.05) is 11.9 Å². The van der Waals surface area contributed by atoms with Gasteiger partial charge in [0.15, 0.2) is 0 Å². The Morgan fingerprint density at radius 3 is 2.94 bits per heavy atom. The SMILES string of the molecule is NC(CCCCNc1cccc(Cl)c1)=NO. The van der Waals surface area contributed by atoms with E-state index in [1.807, 2.05) is 24.3 Å². The Labute approximate surface area is 100 Å². The van der Waals surface area contributed by atoms with E-state index in [0.29, 0.717) is 6.42 Å². The zero-order chi connectivity index (χ0) is 11.8. The molecule has 0 aliphatic heterocycles. The Balaban J connectivity index is 2.16. The van der Waals surface area contributed by atoms with E-state index in [1.165, 1.54) is 0 Å². The third-order valence-corrected chi connectivity index (χ3v) is 2.38. The number of amidine groups is 1. The summed E-state index contributed by atoms with van der Waals surface area (Å²) in [6.07, 6.45) is 2.47. The molecule has 0 heterocycles. The molecule has 16 heavy (non-hydrogen) atoms. The summed E-state index contributed by atoms with van der Waals surface area (Å²) in [6, 6.07) is 7.59. The molecule has 0 fully saturated rings. The van der Waals surface area contributed by atoms with Crippen molar-refractivity contribution in [3.8, 4) is 0 Å². The third kappa shape index (κ3) is 4.89. The number of unbranched alkanes of at least 4 members (excludes halogenated alkanes) is 1. The van der Waals surface area contributed by atoms with Gasteiger partial charge in [-0.15, -0.1) is 0 Å². The molecule has 0 unspecified atom stereocenters. The number of nitrogens with two attached hydrogens (primary N) is 1. The Hall–Kier alpha value is -1.42. The Morgan fingerprint density at radius 2 is 2.25 bits per heavy atom. The van der Waals surface area contributed by atoms with E-state index >= 15 is 0 Å². The van der Waals surface area contributed by atoms with Crippen LogP contribution in [-0.4, -0.2) is 17.6 Å². The fourth-order valence-electron chi connectivity index (χ4n) is 1.31. The van der Waals surface area contributed by atoms with Crippen molar-refractivity contribution in [2.45, 2.75) is 19.3 Å². The van der Waals surface area contributed by atoms with Gasteiger partial charge >= 0.3 is 0 Å². The third-order valence-electron chi connectivity index (χ3n) is 2.14. The molecule has 0 radical (unpaired) electrons. The summed E-state index contributed by atoms with van der Waals surface area (Å²) in [4.78, 5) is 0. The molecule has 5 heteroatoms. The van der Waals surface area contributed by atoms with Gasteiger partial charge in [-0.3, -0.25) is 0 Å². The normalized spacial score (nSPS) is 11.4. The molecule has 0 atom stereocenters. The van der Waals surface area contributed by atoms with Crippen molar-refractivity contribution in [2.24, 2.45) is 10.9 Å². The van der Waals surface area contributed by atoms with Crippen LogP contribution in [0.15, 0.2) is 29.4 Å². The zero-order valence-corrected chi connectivity index (χ0v) is 9.74. The van der Waals surface area contributed by atoms with E-state index in [-0.39, 0.29) is 5.84 Å². The maximum Gasteiger partial charge on any atom is 0.139 e. The number of rotatable bonds is 6. The molecule has 0 aliphatic rings. The molecule has 0 saturated carbocycles. The highest BCUT2D eigenvalue weighted by atomic mass is 35.5. The van der Waals surface area contributed by atoms with Gasteiger partial charge in [0.2, 0.25) is 0 Å². The van der Waals surface area contributed by atoms with E-state index in [0.717, 1.165) is 30.1 Å². The van der Waals surface area contributed by atoms with E-state index in [9.17, 15) is 0 Å². The first-order valence-corrected chi connectivity index (χ1v) is 5.56. The minimum atomic E-state index is 0.280. The second-order valence-electron chi connectivity index (χ2n) is 3.49. The topological polar surface area (TPSA) is 70.6 Å². The molecule has 0 bridgehead atoms. The van der Waals surface area contributed by atoms with Crippen LogP contribution in [0.3, 0.4) is 0 Å². The first-order chi connectivity index (χ1) is 7.72. The van der Waals surface area contributed by atoms with Crippen molar-refractivity contribution in [1.82, 2.24) is 0 Å². The number of halogens is 1. The van der Waals surface area contributed by atoms with Gasteiger partial charge in [0.1, 0.15) is 5.84 Å². The maximum absolute atomic E-state index is 8.33. The maximum atomic E-state index is 8.33. The molecule has 1 aromatic carbocycles. The van der Waals surface area contributed by atoms with Crippen molar-refractivity contribution in [3.05, 3.63) is 29.3 Å². The fraction of sp³-hybridized carbons (Fsp3) is 0.364. The molecule has 0 amide bonds. The molecular formula is C11H16ClN3O. The lowest BCUT2D eigenvalue weighted by molar-refractivity contribution is 0.316. The van der Waals surface area contributed by atoms with Gasteiger partial charge in [0, 0.05) is 23.7 Å². The van der Waals surface area contributed by atoms with Crippen molar-refractivity contribution < 1.29 is 5.21 Å². The van der Waals surface area contributed by atoms with Gasteiger partial charge in [-0.2, -0.15) is 0 Å². The highest BCUT2D eigenvalue weighted by molar-refractivity contribution is 6.30. The summed E-state index contributed by atoms with van der Waals surface area (Å²) in [6.45, 7) is 0.846. The molecule has 0 saturated heterocycles. The lowest BCUT2D eigenvalue weighted by atomic mass is 10.2. The average Bonchev–Trinajstić information content (AvgIpc) is 2.28. The monoisotopic (exact) mass is 241 g/mol.